The van der Waals surface area contributed by atoms with Crippen LogP contribution in [-0.2, 0) is 14.8 Å². The van der Waals surface area contributed by atoms with Crippen LogP contribution in [0.25, 0.3) is 0 Å². The van der Waals surface area contributed by atoms with Gasteiger partial charge in [0.25, 0.3) is 0 Å². The molecule has 0 aromatic carbocycles. The molecule has 0 aliphatic carbocycles. The minimum atomic E-state index is -3.66. The number of hydrogen-bond donors (Lipinski definition) is 3. The molecule has 26 heavy (non-hydrogen) atoms. The molecule has 1 saturated heterocycles. The van der Waals surface area contributed by atoms with E-state index in [2.05, 4.69) is 15.5 Å². The summed E-state index contributed by atoms with van der Waals surface area (Å²) in [6.45, 7) is 8.37. The van der Waals surface area contributed by atoms with Crippen LogP contribution in [0.15, 0.2) is 4.90 Å². The largest absolute Gasteiger partial charge is 0.354 e. The predicted octanol–water partition coefficient (Wildman–Crippen LogP) is 1.06. The van der Waals surface area contributed by atoms with Crippen molar-refractivity contribution in [1.82, 2.24) is 19.8 Å². The van der Waals surface area contributed by atoms with E-state index in [9.17, 15) is 13.2 Å². The molecular weight excluding hydrogens is 354 g/mol. The molecule has 148 valence electrons. The minimum absolute atomic E-state index is 0.123. The monoisotopic (exact) mass is 385 g/mol. The summed E-state index contributed by atoms with van der Waals surface area (Å²) in [6, 6.07) is 0. The smallest absolute Gasteiger partial charge is 0.246 e. The molecule has 0 radical (unpaired) electrons. The molecule has 4 N–H and O–H groups in total. The van der Waals surface area contributed by atoms with Crippen LogP contribution in [0.1, 0.15) is 50.9 Å². The van der Waals surface area contributed by atoms with Crippen LogP contribution >= 0.6 is 0 Å². The number of nitrogens with one attached hydrogen (secondary N) is 2. The number of H-pyrrole nitrogens is 1. The Bertz CT molecular complexity index is 720. The van der Waals surface area contributed by atoms with Crippen LogP contribution in [0.3, 0.4) is 0 Å². The van der Waals surface area contributed by atoms with Crippen molar-refractivity contribution in [2.45, 2.75) is 63.8 Å². The zero-order chi connectivity index (χ0) is 19.5. The van der Waals surface area contributed by atoms with Gasteiger partial charge in [0, 0.05) is 25.2 Å². The molecule has 1 fully saturated rings. The number of piperidine rings is 1. The Hall–Kier alpha value is -1.45. The number of aromatic amines is 1. The maximum atomic E-state index is 13.0. The lowest BCUT2D eigenvalue weighted by Gasteiger charge is -2.32. The molecule has 1 aromatic rings. The van der Waals surface area contributed by atoms with Crippen LogP contribution in [0, 0.1) is 19.8 Å². The van der Waals surface area contributed by atoms with Gasteiger partial charge in [-0.3, -0.25) is 9.89 Å². The normalized spacial score (nSPS) is 19.5. The third-order valence-corrected chi connectivity index (χ3v) is 7.57. The van der Waals surface area contributed by atoms with Crippen molar-refractivity contribution in [3.05, 3.63) is 11.4 Å². The Morgan fingerprint density at radius 1 is 1.38 bits per heavy atom. The fourth-order valence-corrected chi connectivity index (χ4v) is 5.19. The molecule has 1 amide bonds. The molecule has 1 atom stereocenters. The van der Waals surface area contributed by atoms with Crippen LogP contribution in [0.5, 0.6) is 0 Å². The van der Waals surface area contributed by atoms with Gasteiger partial charge in [-0.2, -0.15) is 9.40 Å². The first-order valence-electron chi connectivity index (χ1n) is 9.23. The predicted molar refractivity (Wildman–Crippen MR) is 100 cm³/mol. The summed E-state index contributed by atoms with van der Waals surface area (Å²) in [7, 11) is -3.66. The van der Waals surface area contributed by atoms with E-state index in [-0.39, 0.29) is 23.3 Å². The van der Waals surface area contributed by atoms with Gasteiger partial charge in [-0.05, 0) is 39.5 Å². The number of aromatic nitrogens is 2. The van der Waals surface area contributed by atoms with Crippen molar-refractivity contribution in [1.29, 1.82) is 0 Å². The molecule has 0 bridgehead atoms. The van der Waals surface area contributed by atoms with E-state index in [1.54, 1.807) is 13.8 Å². The van der Waals surface area contributed by atoms with Gasteiger partial charge >= 0.3 is 0 Å². The molecule has 9 heteroatoms. The van der Waals surface area contributed by atoms with E-state index in [4.69, 9.17) is 5.73 Å². The van der Waals surface area contributed by atoms with Gasteiger partial charge in [-0.25, -0.2) is 8.42 Å². The van der Waals surface area contributed by atoms with E-state index >= 15 is 0 Å². The van der Waals surface area contributed by atoms with Gasteiger partial charge < -0.3 is 11.1 Å². The Labute approximate surface area is 156 Å². The summed E-state index contributed by atoms with van der Waals surface area (Å²) in [5.74, 6) is -0.480. The van der Waals surface area contributed by atoms with Crippen molar-refractivity contribution in [2.24, 2.45) is 11.7 Å². The molecule has 2 rings (SSSR count). The van der Waals surface area contributed by atoms with E-state index in [1.165, 1.54) is 4.31 Å². The Balaban J connectivity index is 2.08. The lowest BCUT2D eigenvalue weighted by molar-refractivity contribution is -0.126. The van der Waals surface area contributed by atoms with Crippen molar-refractivity contribution in [2.75, 3.05) is 19.6 Å². The second-order valence-electron chi connectivity index (χ2n) is 7.25. The maximum absolute atomic E-state index is 13.0. The van der Waals surface area contributed by atoms with Crippen LogP contribution in [-0.4, -0.2) is 54.0 Å². The average molecular weight is 386 g/mol. The minimum Gasteiger partial charge on any atom is -0.354 e. The van der Waals surface area contributed by atoms with E-state index in [0.717, 1.165) is 12.8 Å². The van der Waals surface area contributed by atoms with Gasteiger partial charge in [0.15, 0.2) is 0 Å². The number of aryl methyl sites for hydroxylation is 2. The highest BCUT2D eigenvalue weighted by Gasteiger charge is 2.36. The number of hydrogen-bond acceptors (Lipinski definition) is 5. The second kappa shape index (κ2) is 8.06. The summed E-state index contributed by atoms with van der Waals surface area (Å²) in [5, 5.41) is 9.62. The molecule has 1 unspecified atom stereocenters. The Morgan fingerprint density at radius 2 is 2.04 bits per heavy atom. The third-order valence-electron chi connectivity index (χ3n) is 5.44. The lowest BCUT2D eigenvalue weighted by atomic mass is 9.93. The highest BCUT2D eigenvalue weighted by Crippen LogP contribution is 2.27. The van der Waals surface area contributed by atoms with Crippen molar-refractivity contribution in [3.63, 3.8) is 0 Å². The van der Waals surface area contributed by atoms with E-state index in [1.807, 2.05) is 13.8 Å². The van der Waals surface area contributed by atoms with Gasteiger partial charge in [-0.1, -0.05) is 13.8 Å². The topological polar surface area (TPSA) is 121 Å². The van der Waals surface area contributed by atoms with Crippen molar-refractivity contribution >= 4 is 15.9 Å². The van der Waals surface area contributed by atoms with Crippen LogP contribution in [0.2, 0.25) is 0 Å². The Morgan fingerprint density at radius 3 is 2.58 bits per heavy atom. The number of nitrogens with zero attached hydrogens (tertiary/aromatic N) is 2. The van der Waals surface area contributed by atoms with Gasteiger partial charge in [0.1, 0.15) is 4.90 Å². The van der Waals surface area contributed by atoms with Crippen LogP contribution in [0.4, 0.5) is 0 Å². The summed E-state index contributed by atoms with van der Waals surface area (Å²) in [4.78, 5) is 12.8. The molecule has 1 aliphatic rings. The summed E-state index contributed by atoms with van der Waals surface area (Å²) < 4.78 is 27.4. The number of rotatable bonds is 7. The fraction of sp³-hybridized carbons (Fsp3) is 0.765. The first kappa shape index (κ1) is 20.9. The number of carbonyl (C=O) groups excluding carboxylic acids is 1. The molecule has 8 nitrogen and oxygen atoms in total. The molecule has 1 aliphatic heterocycles. The Kier molecular flexibility index (Phi) is 6.46. The summed E-state index contributed by atoms with van der Waals surface area (Å²) >= 11 is 0. The molecule has 2 heterocycles. The molecule has 1 aromatic heterocycles. The standard InChI is InChI=1S/C17H31N5O3S/c1-5-17(18,6-2)11-19-16(23)14-8-7-9-22(10-14)26(24,25)15-12(3)20-21-13(15)4/h14H,5-11,18H2,1-4H3,(H,19,23)(H,20,21). The third kappa shape index (κ3) is 4.27. The summed E-state index contributed by atoms with van der Waals surface area (Å²) in [6.07, 6.45) is 2.88. The zero-order valence-corrected chi connectivity index (χ0v) is 16.9. The molecule has 0 saturated carbocycles. The molecule has 0 spiro atoms. The summed E-state index contributed by atoms with van der Waals surface area (Å²) in [5.41, 5.74) is 6.79. The van der Waals surface area contributed by atoms with Crippen molar-refractivity contribution < 1.29 is 13.2 Å². The SMILES string of the molecule is CCC(N)(CC)CNC(=O)C1CCCN(S(=O)(=O)c2c(C)n[nH]c2C)C1. The molecular formula is C17H31N5O3S. The first-order chi connectivity index (χ1) is 12.1. The highest BCUT2D eigenvalue weighted by molar-refractivity contribution is 7.89. The van der Waals surface area contributed by atoms with Crippen LogP contribution < -0.4 is 11.1 Å². The highest BCUT2D eigenvalue weighted by atomic mass is 32.2. The number of amides is 1. The van der Waals surface area contributed by atoms with Gasteiger partial charge in [-0.15, -0.1) is 0 Å². The second-order valence-corrected chi connectivity index (χ2v) is 9.13. The fourth-order valence-electron chi connectivity index (χ4n) is 3.33. The van der Waals surface area contributed by atoms with E-state index in [0.29, 0.717) is 37.3 Å². The van der Waals surface area contributed by atoms with Gasteiger partial charge in [0.2, 0.25) is 15.9 Å². The van der Waals surface area contributed by atoms with Crippen molar-refractivity contribution in [3.8, 4) is 0 Å². The lowest BCUT2D eigenvalue weighted by Crippen LogP contribution is -2.52. The average Bonchev–Trinajstić information content (AvgIpc) is 2.98. The number of carbonyl (C=O) groups is 1. The zero-order valence-electron chi connectivity index (χ0n) is 16.1. The van der Waals surface area contributed by atoms with Gasteiger partial charge in [0.05, 0.1) is 17.3 Å². The first-order valence-corrected chi connectivity index (χ1v) is 10.7. The number of sulfonamides is 1. The van der Waals surface area contributed by atoms with E-state index < -0.39 is 15.6 Å². The quantitative estimate of drug-likeness (QED) is 0.648. The number of nitrogens with two attached hydrogens (primary N) is 1. The maximum Gasteiger partial charge on any atom is 0.246 e.